The zero-order valence-electron chi connectivity index (χ0n) is 27.9. The number of piperidine rings is 1. The molecule has 2 fully saturated rings. The molecule has 5 rings (SSSR count). The summed E-state index contributed by atoms with van der Waals surface area (Å²) in [6, 6.07) is 17.6. The molecule has 0 saturated carbocycles. The van der Waals surface area contributed by atoms with Gasteiger partial charge in [-0.15, -0.1) is 0 Å². The fourth-order valence-electron chi connectivity index (χ4n) is 5.94. The first-order valence-electron chi connectivity index (χ1n) is 16.1. The number of halogens is 4. The van der Waals surface area contributed by atoms with Gasteiger partial charge in [0.2, 0.25) is 5.95 Å². The number of piperazine rings is 1. The van der Waals surface area contributed by atoms with Crippen molar-refractivity contribution in [3.63, 3.8) is 0 Å². The Morgan fingerprint density at radius 2 is 1.60 bits per heavy atom. The van der Waals surface area contributed by atoms with Gasteiger partial charge in [0.05, 0.1) is 23.9 Å². The number of benzene rings is 2. The van der Waals surface area contributed by atoms with Crippen LogP contribution < -0.4 is 9.64 Å². The second-order valence-electron chi connectivity index (χ2n) is 12.8. The highest BCUT2D eigenvalue weighted by Crippen LogP contribution is 2.34. The van der Waals surface area contributed by atoms with Gasteiger partial charge in [0, 0.05) is 49.4 Å². The molecule has 2 aromatic carbocycles. The number of hydrogen-bond acceptors (Lipinski definition) is 9. The summed E-state index contributed by atoms with van der Waals surface area (Å²) in [6.45, 7) is 11.2. The van der Waals surface area contributed by atoms with Crippen LogP contribution in [0.3, 0.4) is 0 Å². The van der Waals surface area contributed by atoms with E-state index in [1.54, 1.807) is 12.3 Å². The Morgan fingerprint density at radius 1 is 0.960 bits per heavy atom. The van der Waals surface area contributed by atoms with Crippen molar-refractivity contribution < 1.29 is 37.7 Å². The van der Waals surface area contributed by atoms with Crippen LogP contribution in [-0.2, 0) is 21.6 Å². The van der Waals surface area contributed by atoms with Crippen molar-refractivity contribution in [2.75, 3.05) is 57.3 Å². The van der Waals surface area contributed by atoms with Gasteiger partial charge in [0.1, 0.15) is 12.4 Å². The van der Waals surface area contributed by atoms with Crippen LogP contribution in [0.2, 0.25) is 5.02 Å². The zero-order chi connectivity index (χ0) is 36.5. The Kier molecular flexibility index (Phi) is 13.0. The summed E-state index contributed by atoms with van der Waals surface area (Å²) in [5, 5.41) is 26.0. The van der Waals surface area contributed by atoms with Crippen LogP contribution in [0.25, 0.3) is 0 Å². The van der Waals surface area contributed by atoms with E-state index in [1.807, 2.05) is 47.4 Å². The number of carboxylic acids is 2. The minimum Gasteiger partial charge on any atom is -0.487 e. The van der Waals surface area contributed by atoms with Crippen molar-refractivity contribution in [1.82, 2.24) is 19.8 Å². The Labute approximate surface area is 293 Å². The van der Waals surface area contributed by atoms with Gasteiger partial charge in [-0.05, 0) is 79.4 Å². The van der Waals surface area contributed by atoms with E-state index < -0.39 is 18.1 Å². The predicted molar refractivity (Wildman–Crippen MR) is 180 cm³/mol. The molecule has 0 amide bonds. The molecule has 0 bridgehead atoms. The SMILES string of the molecule is CC(C)(c1ccc(OCc2ccnc(N3CCN(CC4CCN(CC(=O)O)CC4)CC3)n2)cc1)c1cc(Cl)cc(C#N)c1.O=C(O)C(F)(F)F. The lowest BCUT2D eigenvalue weighted by Gasteiger charge is -2.38. The van der Waals surface area contributed by atoms with Crippen molar-refractivity contribution >= 4 is 29.5 Å². The summed E-state index contributed by atoms with van der Waals surface area (Å²) < 4.78 is 37.8. The first-order valence-corrected chi connectivity index (χ1v) is 16.5. The number of aliphatic carboxylic acids is 2. The molecule has 2 aliphatic rings. The maximum atomic E-state index is 11.0. The number of likely N-dealkylation sites (tertiary alicyclic amines) is 1. The number of aromatic nitrogens is 2. The summed E-state index contributed by atoms with van der Waals surface area (Å²) in [7, 11) is 0. The van der Waals surface area contributed by atoms with Crippen molar-refractivity contribution in [3.8, 4) is 11.8 Å². The highest BCUT2D eigenvalue weighted by Gasteiger charge is 2.38. The van der Waals surface area contributed by atoms with Gasteiger partial charge in [0.15, 0.2) is 0 Å². The van der Waals surface area contributed by atoms with E-state index in [0.29, 0.717) is 23.1 Å². The molecule has 268 valence electrons. The molecular weight excluding hydrogens is 677 g/mol. The Balaban J connectivity index is 0.000000727. The molecule has 1 aromatic heterocycles. The third kappa shape index (κ3) is 11.0. The second-order valence-corrected chi connectivity index (χ2v) is 13.3. The van der Waals surface area contributed by atoms with Crippen molar-refractivity contribution in [2.45, 2.75) is 44.9 Å². The highest BCUT2D eigenvalue weighted by molar-refractivity contribution is 6.30. The smallest absolute Gasteiger partial charge is 0.487 e. The van der Waals surface area contributed by atoms with Gasteiger partial charge in [-0.3, -0.25) is 14.6 Å². The summed E-state index contributed by atoms with van der Waals surface area (Å²) in [6.07, 6.45) is -1.17. The molecular formula is C35H40ClF3N6O5. The van der Waals surface area contributed by atoms with Crippen molar-refractivity contribution in [2.24, 2.45) is 5.92 Å². The van der Waals surface area contributed by atoms with E-state index in [4.69, 9.17) is 36.3 Å². The molecule has 50 heavy (non-hydrogen) atoms. The summed E-state index contributed by atoms with van der Waals surface area (Å²) in [5.41, 5.74) is 3.12. The largest absolute Gasteiger partial charge is 0.490 e. The normalized spacial score (nSPS) is 16.2. The van der Waals surface area contributed by atoms with Gasteiger partial charge in [0.25, 0.3) is 0 Å². The molecule has 2 aliphatic heterocycles. The molecule has 2 saturated heterocycles. The maximum Gasteiger partial charge on any atom is 0.490 e. The van der Waals surface area contributed by atoms with Crippen LogP contribution in [0, 0.1) is 17.2 Å². The average Bonchev–Trinajstić information content (AvgIpc) is 3.08. The van der Waals surface area contributed by atoms with Gasteiger partial charge in [-0.2, -0.15) is 18.4 Å². The molecule has 0 radical (unpaired) electrons. The number of anilines is 1. The van der Waals surface area contributed by atoms with E-state index >= 15 is 0 Å². The van der Waals surface area contributed by atoms with Crippen LogP contribution in [0.4, 0.5) is 19.1 Å². The molecule has 0 atom stereocenters. The van der Waals surface area contributed by atoms with Gasteiger partial charge in [-0.25, -0.2) is 14.8 Å². The summed E-state index contributed by atoms with van der Waals surface area (Å²) >= 11 is 6.26. The number of rotatable bonds is 10. The highest BCUT2D eigenvalue weighted by atomic mass is 35.5. The molecule has 15 heteroatoms. The Hall–Kier alpha value is -4.45. The zero-order valence-corrected chi connectivity index (χ0v) is 28.6. The van der Waals surface area contributed by atoms with Gasteiger partial charge in [-0.1, -0.05) is 37.6 Å². The fraction of sp³-hybridized carbons (Fsp3) is 0.457. The van der Waals surface area contributed by atoms with E-state index in [9.17, 15) is 23.2 Å². The first kappa shape index (κ1) is 38.4. The summed E-state index contributed by atoms with van der Waals surface area (Å²) in [4.78, 5) is 36.0. The minimum absolute atomic E-state index is 0.149. The third-order valence-electron chi connectivity index (χ3n) is 8.89. The van der Waals surface area contributed by atoms with Gasteiger partial charge < -0.3 is 19.8 Å². The molecule has 0 aliphatic carbocycles. The molecule has 2 N–H and O–H groups in total. The standard InChI is InChI=1S/C33H39ClN6O3.C2HF3O2/c1-33(2,27-17-25(20-35)18-28(34)19-27)26-3-5-30(6-4-26)43-23-29-7-10-36-32(37-29)40-15-13-39(14-16-40)21-24-8-11-38(12-9-24)22-31(41)42;3-2(4,5)1(6)7/h3-7,10,17-19,24H,8-9,11-16,21-23H2,1-2H3,(H,41,42);(H,6,7). The number of hydrogen-bond donors (Lipinski definition) is 2. The molecule has 11 nitrogen and oxygen atoms in total. The Bertz CT molecular complexity index is 1650. The summed E-state index contributed by atoms with van der Waals surface area (Å²) in [5.74, 6) is -1.38. The lowest BCUT2D eigenvalue weighted by molar-refractivity contribution is -0.192. The van der Waals surface area contributed by atoms with Crippen LogP contribution >= 0.6 is 11.6 Å². The predicted octanol–water partition coefficient (Wildman–Crippen LogP) is 5.46. The number of alkyl halides is 3. The molecule has 0 unspecified atom stereocenters. The molecule has 3 heterocycles. The van der Waals surface area contributed by atoms with Crippen LogP contribution in [-0.4, -0.2) is 100 Å². The van der Waals surface area contributed by atoms with Crippen molar-refractivity contribution in [3.05, 3.63) is 82.1 Å². The fourth-order valence-corrected chi connectivity index (χ4v) is 6.17. The number of carbonyl (C=O) groups is 2. The van der Waals surface area contributed by atoms with Gasteiger partial charge >= 0.3 is 18.1 Å². The van der Waals surface area contributed by atoms with Crippen LogP contribution in [0.15, 0.2) is 54.7 Å². The Morgan fingerprint density at radius 3 is 2.18 bits per heavy atom. The maximum absolute atomic E-state index is 11.0. The monoisotopic (exact) mass is 716 g/mol. The topological polar surface area (TPSA) is 143 Å². The average molecular weight is 717 g/mol. The number of nitriles is 1. The van der Waals surface area contributed by atoms with E-state index in [1.165, 1.54) is 0 Å². The molecule has 0 spiro atoms. The van der Waals surface area contributed by atoms with E-state index in [2.05, 4.69) is 34.7 Å². The minimum atomic E-state index is -5.08. The quantitative estimate of drug-likeness (QED) is 0.276. The lowest BCUT2D eigenvalue weighted by Crippen LogP contribution is -2.49. The van der Waals surface area contributed by atoms with Crippen molar-refractivity contribution in [1.29, 1.82) is 5.26 Å². The third-order valence-corrected chi connectivity index (χ3v) is 9.11. The lowest BCUT2D eigenvalue weighted by atomic mass is 9.78. The molecule has 3 aromatic rings. The number of carboxylic acid groups (broad SMARTS) is 2. The van der Waals surface area contributed by atoms with Crippen LogP contribution in [0.5, 0.6) is 5.75 Å². The number of ether oxygens (including phenoxy) is 1. The number of nitrogens with zero attached hydrogens (tertiary/aromatic N) is 6. The second kappa shape index (κ2) is 17.0. The van der Waals surface area contributed by atoms with Crippen LogP contribution in [0.1, 0.15) is 49.1 Å². The first-order chi connectivity index (χ1) is 23.6. The van der Waals surface area contributed by atoms with E-state index in [-0.39, 0.29) is 12.0 Å². The van der Waals surface area contributed by atoms with E-state index in [0.717, 1.165) is 87.2 Å².